The minimum Gasteiger partial charge on any atom is -0.299 e. The Bertz CT molecular complexity index is 256. The molecule has 0 bridgehead atoms. The quantitative estimate of drug-likeness (QED) is 0.259. The molecular formula is C14H20O2. The summed E-state index contributed by atoms with van der Waals surface area (Å²) < 4.78 is 0. The van der Waals surface area contributed by atoms with E-state index in [0.717, 1.165) is 32.0 Å². The van der Waals surface area contributed by atoms with E-state index < -0.39 is 0 Å². The van der Waals surface area contributed by atoms with Gasteiger partial charge in [-0.15, -0.1) is 0 Å². The molecule has 0 aromatic rings. The van der Waals surface area contributed by atoms with Crippen LogP contribution in [-0.2, 0) is 9.59 Å². The highest BCUT2D eigenvalue weighted by molar-refractivity contribution is 5.72. The SMILES string of the molecule is O=CC#CCCCCCCCC/C=C/C=O. The van der Waals surface area contributed by atoms with Crippen LogP contribution >= 0.6 is 0 Å². The molecule has 0 aliphatic rings. The lowest BCUT2D eigenvalue weighted by Gasteiger charge is -1.98. The van der Waals surface area contributed by atoms with E-state index in [1.165, 1.54) is 25.7 Å². The maximum atomic E-state index is 9.97. The van der Waals surface area contributed by atoms with Crippen molar-refractivity contribution in [1.29, 1.82) is 0 Å². The van der Waals surface area contributed by atoms with Crippen LogP contribution in [0.5, 0.6) is 0 Å². The average Bonchev–Trinajstić information content (AvgIpc) is 2.31. The fraction of sp³-hybridized carbons (Fsp3) is 0.571. The first-order valence-electron chi connectivity index (χ1n) is 5.94. The van der Waals surface area contributed by atoms with Gasteiger partial charge in [0.05, 0.1) is 0 Å². The predicted molar refractivity (Wildman–Crippen MR) is 66.0 cm³/mol. The van der Waals surface area contributed by atoms with Gasteiger partial charge in [0, 0.05) is 6.42 Å². The molecule has 0 aromatic carbocycles. The van der Waals surface area contributed by atoms with Crippen molar-refractivity contribution in [2.24, 2.45) is 0 Å². The van der Waals surface area contributed by atoms with Crippen LogP contribution < -0.4 is 0 Å². The molecule has 0 aliphatic heterocycles. The van der Waals surface area contributed by atoms with Crippen LogP contribution in [0.2, 0.25) is 0 Å². The highest BCUT2D eigenvalue weighted by Crippen LogP contribution is 2.08. The zero-order valence-electron chi connectivity index (χ0n) is 9.78. The zero-order chi connectivity index (χ0) is 11.9. The highest BCUT2D eigenvalue weighted by Gasteiger charge is 1.89. The van der Waals surface area contributed by atoms with Gasteiger partial charge in [0.25, 0.3) is 0 Å². The molecular weight excluding hydrogens is 200 g/mol. The minimum absolute atomic E-state index is 0.646. The van der Waals surface area contributed by atoms with E-state index in [1.54, 1.807) is 6.08 Å². The van der Waals surface area contributed by atoms with Crippen LogP contribution in [0.3, 0.4) is 0 Å². The summed E-state index contributed by atoms with van der Waals surface area (Å²) in [6, 6.07) is 0. The summed E-state index contributed by atoms with van der Waals surface area (Å²) >= 11 is 0. The first-order chi connectivity index (χ1) is 7.91. The molecule has 88 valence electrons. The summed E-state index contributed by atoms with van der Waals surface area (Å²) in [4.78, 5) is 19.9. The molecule has 0 heterocycles. The van der Waals surface area contributed by atoms with E-state index >= 15 is 0 Å². The normalized spacial score (nSPS) is 9.75. The summed E-state index contributed by atoms with van der Waals surface area (Å²) in [6.07, 6.45) is 13.9. The molecule has 0 spiro atoms. The third kappa shape index (κ3) is 12.6. The number of carbonyl (C=O) groups excluding carboxylic acids is 2. The monoisotopic (exact) mass is 220 g/mol. The molecule has 2 nitrogen and oxygen atoms in total. The van der Waals surface area contributed by atoms with Crippen molar-refractivity contribution in [3.05, 3.63) is 12.2 Å². The average molecular weight is 220 g/mol. The molecule has 2 heteroatoms. The Morgan fingerprint density at radius 2 is 1.56 bits per heavy atom. The first-order valence-corrected chi connectivity index (χ1v) is 5.94. The maximum Gasteiger partial charge on any atom is 0.192 e. The van der Waals surface area contributed by atoms with E-state index in [-0.39, 0.29) is 0 Å². The van der Waals surface area contributed by atoms with Gasteiger partial charge in [-0.2, -0.15) is 0 Å². The molecule has 0 N–H and O–H groups in total. The topological polar surface area (TPSA) is 34.1 Å². The van der Waals surface area contributed by atoms with Crippen LogP contribution in [0.1, 0.15) is 51.4 Å². The second-order valence-corrected chi connectivity index (χ2v) is 3.66. The lowest BCUT2D eigenvalue weighted by molar-refractivity contribution is -0.104. The molecule has 0 atom stereocenters. The Morgan fingerprint density at radius 3 is 2.25 bits per heavy atom. The zero-order valence-corrected chi connectivity index (χ0v) is 9.78. The van der Waals surface area contributed by atoms with Gasteiger partial charge in [0.1, 0.15) is 6.29 Å². The van der Waals surface area contributed by atoms with Crippen LogP contribution in [0.25, 0.3) is 0 Å². The third-order valence-corrected chi connectivity index (χ3v) is 2.30. The largest absolute Gasteiger partial charge is 0.299 e. The van der Waals surface area contributed by atoms with Gasteiger partial charge in [0.2, 0.25) is 0 Å². The molecule has 0 aromatic heterocycles. The molecule has 0 saturated carbocycles. The second-order valence-electron chi connectivity index (χ2n) is 3.66. The van der Waals surface area contributed by atoms with Crippen molar-refractivity contribution >= 4 is 12.6 Å². The molecule has 0 unspecified atom stereocenters. The Hall–Kier alpha value is -1.36. The molecule has 0 rings (SSSR count). The summed E-state index contributed by atoms with van der Waals surface area (Å²) in [6.45, 7) is 0. The third-order valence-electron chi connectivity index (χ3n) is 2.30. The predicted octanol–water partition coefficient (Wildman–Crippen LogP) is 3.06. The standard InChI is InChI=1S/C14H20O2/c15-13-11-9-7-5-3-1-2-4-6-8-10-12-14-16/h9,11,13-14H,1-8H2/b11-9+. The van der Waals surface area contributed by atoms with E-state index in [1.807, 2.05) is 6.08 Å². The van der Waals surface area contributed by atoms with Crippen LogP contribution in [-0.4, -0.2) is 12.6 Å². The van der Waals surface area contributed by atoms with Gasteiger partial charge in [0.15, 0.2) is 6.29 Å². The van der Waals surface area contributed by atoms with E-state index in [4.69, 9.17) is 0 Å². The molecule has 0 aliphatic carbocycles. The molecule has 16 heavy (non-hydrogen) atoms. The summed E-state index contributed by atoms with van der Waals surface area (Å²) in [5.74, 6) is 5.21. The number of rotatable bonds is 9. The van der Waals surface area contributed by atoms with Crippen molar-refractivity contribution in [3.63, 3.8) is 0 Å². The summed E-state index contributed by atoms with van der Waals surface area (Å²) in [7, 11) is 0. The first kappa shape index (κ1) is 14.6. The summed E-state index contributed by atoms with van der Waals surface area (Å²) in [5, 5.41) is 0. The van der Waals surface area contributed by atoms with Gasteiger partial charge in [-0.25, -0.2) is 0 Å². The lowest BCUT2D eigenvalue weighted by atomic mass is 10.1. The number of aldehydes is 2. The van der Waals surface area contributed by atoms with Crippen molar-refractivity contribution in [2.75, 3.05) is 0 Å². The van der Waals surface area contributed by atoms with Crippen molar-refractivity contribution < 1.29 is 9.59 Å². The summed E-state index contributed by atoms with van der Waals surface area (Å²) in [5.41, 5.74) is 0. The van der Waals surface area contributed by atoms with Crippen LogP contribution in [0.15, 0.2) is 12.2 Å². The number of unbranched alkanes of at least 4 members (excludes halogenated alkanes) is 7. The van der Waals surface area contributed by atoms with E-state index in [9.17, 15) is 9.59 Å². The number of hydrogen-bond donors (Lipinski definition) is 0. The van der Waals surface area contributed by atoms with Crippen molar-refractivity contribution in [1.82, 2.24) is 0 Å². The van der Waals surface area contributed by atoms with Gasteiger partial charge < -0.3 is 0 Å². The van der Waals surface area contributed by atoms with Gasteiger partial charge in [-0.1, -0.05) is 37.7 Å². The molecule has 0 radical (unpaired) electrons. The van der Waals surface area contributed by atoms with Crippen molar-refractivity contribution in [3.8, 4) is 11.8 Å². The highest BCUT2D eigenvalue weighted by atomic mass is 16.1. The minimum atomic E-state index is 0.646. The number of carbonyl (C=O) groups is 2. The Kier molecular flexibility index (Phi) is 12.5. The van der Waals surface area contributed by atoms with E-state index in [2.05, 4.69) is 11.8 Å². The Morgan fingerprint density at radius 1 is 0.875 bits per heavy atom. The molecule has 0 fully saturated rings. The maximum absolute atomic E-state index is 9.97. The lowest BCUT2D eigenvalue weighted by Crippen LogP contribution is -1.79. The van der Waals surface area contributed by atoms with Crippen LogP contribution in [0.4, 0.5) is 0 Å². The fourth-order valence-corrected chi connectivity index (χ4v) is 1.45. The molecule has 0 saturated heterocycles. The number of allylic oxidation sites excluding steroid dienone is 2. The van der Waals surface area contributed by atoms with E-state index in [0.29, 0.717) is 6.29 Å². The van der Waals surface area contributed by atoms with Gasteiger partial charge in [-0.3, -0.25) is 9.59 Å². The second kappa shape index (κ2) is 13.6. The van der Waals surface area contributed by atoms with Crippen molar-refractivity contribution in [2.45, 2.75) is 51.4 Å². The van der Waals surface area contributed by atoms with Gasteiger partial charge in [-0.05, 0) is 31.3 Å². The van der Waals surface area contributed by atoms with Crippen LogP contribution in [0, 0.1) is 11.8 Å². The Balaban J connectivity index is 3.06. The fourth-order valence-electron chi connectivity index (χ4n) is 1.45. The number of hydrogen-bond acceptors (Lipinski definition) is 2. The molecule has 0 amide bonds. The Labute approximate surface area is 98.1 Å². The smallest absolute Gasteiger partial charge is 0.192 e. The van der Waals surface area contributed by atoms with Gasteiger partial charge >= 0.3 is 0 Å².